The predicted octanol–water partition coefficient (Wildman–Crippen LogP) is 2.82. The smallest absolute Gasteiger partial charge is 0.191 e. The van der Waals surface area contributed by atoms with Crippen LogP contribution >= 0.6 is 0 Å². The summed E-state index contributed by atoms with van der Waals surface area (Å²) in [6.45, 7) is 13.3. The van der Waals surface area contributed by atoms with E-state index >= 15 is 0 Å². The van der Waals surface area contributed by atoms with Crippen molar-refractivity contribution in [1.82, 2.24) is 15.5 Å². The molecular formula is C22H37FN4O2. The van der Waals surface area contributed by atoms with E-state index in [2.05, 4.69) is 36.3 Å². The average Bonchev–Trinajstić information content (AvgIpc) is 2.72. The molecule has 1 aliphatic rings. The Morgan fingerprint density at radius 1 is 1.21 bits per heavy atom. The molecule has 1 atom stereocenters. The number of nitrogens with zero attached hydrogens (tertiary/aromatic N) is 2. The van der Waals surface area contributed by atoms with Gasteiger partial charge in [-0.2, -0.15) is 0 Å². The van der Waals surface area contributed by atoms with Crippen LogP contribution < -0.4 is 10.6 Å². The van der Waals surface area contributed by atoms with Crippen molar-refractivity contribution in [1.29, 1.82) is 0 Å². The van der Waals surface area contributed by atoms with Crippen molar-refractivity contribution in [2.24, 2.45) is 10.9 Å². The molecule has 1 aromatic carbocycles. The molecule has 1 aromatic rings. The Bertz CT molecular complexity index is 589. The van der Waals surface area contributed by atoms with E-state index in [0.29, 0.717) is 12.5 Å². The Kier molecular flexibility index (Phi) is 11.0. The molecule has 0 bridgehead atoms. The minimum Gasteiger partial charge on any atom is -0.381 e. The van der Waals surface area contributed by atoms with Gasteiger partial charge in [-0.15, -0.1) is 0 Å². The van der Waals surface area contributed by atoms with Crippen molar-refractivity contribution in [3.63, 3.8) is 0 Å². The fraction of sp³-hybridized carbons (Fsp3) is 0.682. The summed E-state index contributed by atoms with van der Waals surface area (Å²) in [5.74, 6) is 1.15. The lowest BCUT2D eigenvalue weighted by atomic mass is 10.0. The maximum Gasteiger partial charge on any atom is 0.191 e. The van der Waals surface area contributed by atoms with Gasteiger partial charge in [-0.05, 0) is 37.0 Å². The van der Waals surface area contributed by atoms with E-state index < -0.39 is 0 Å². The summed E-state index contributed by atoms with van der Waals surface area (Å²) in [7, 11) is 0. The summed E-state index contributed by atoms with van der Waals surface area (Å²) < 4.78 is 24.5. The third kappa shape index (κ3) is 9.10. The molecule has 0 radical (unpaired) electrons. The number of morpholine rings is 1. The Hall–Kier alpha value is -1.70. The molecule has 0 aromatic heterocycles. The lowest BCUT2D eigenvalue weighted by molar-refractivity contribution is 0.0179. The van der Waals surface area contributed by atoms with Crippen LogP contribution in [0, 0.1) is 11.7 Å². The predicted molar refractivity (Wildman–Crippen MR) is 116 cm³/mol. The number of guanidine groups is 1. The van der Waals surface area contributed by atoms with E-state index in [9.17, 15) is 4.39 Å². The number of hydrogen-bond donors (Lipinski definition) is 2. The highest BCUT2D eigenvalue weighted by Gasteiger charge is 2.22. The number of ether oxygens (including phenoxy) is 2. The summed E-state index contributed by atoms with van der Waals surface area (Å²) in [6.07, 6.45) is 0.933. The van der Waals surface area contributed by atoms with Gasteiger partial charge in [0.05, 0.1) is 25.8 Å². The second kappa shape index (κ2) is 13.5. The Labute approximate surface area is 174 Å². The topological polar surface area (TPSA) is 58.1 Å². The van der Waals surface area contributed by atoms with Crippen LogP contribution in [0.3, 0.4) is 0 Å². The largest absolute Gasteiger partial charge is 0.381 e. The van der Waals surface area contributed by atoms with Crippen LogP contribution in [0.1, 0.15) is 38.8 Å². The van der Waals surface area contributed by atoms with Gasteiger partial charge in [0.2, 0.25) is 0 Å². The highest BCUT2D eigenvalue weighted by Crippen LogP contribution is 2.22. The number of halogens is 1. The summed E-state index contributed by atoms with van der Waals surface area (Å²) in [5.41, 5.74) is 1.08. The van der Waals surface area contributed by atoms with E-state index in [1.165, 1.54) is 12.1 Å². The summed E-state index contributed by atoms with van der Waals surface area (Å²) in [6, 6.07) is 6.86. The fourth-order valence-corrected chi connectivity index (χ4v) is 3.23. The molecule has 0 amide bonds. The van der Waals surface area contributed by atoms with Gasteiger partial charge in [0.25, 0.3) is 0 Å². The van der Waals surface area contributed by atoms with Crippen LogP contribution in [-0.4, -0.2) is 70.0 Å². The molecule has 0 spiro atoms. The van der Waals surface area contributed by atoms with Gasteiger partial charge >= 0.3 is 0 Å². The number of rotatable bonds is 11. The third-order valence-corrected chi connectivity index (χ3v) is 4.72. The van der Waals surface area contributed by atoms with Crippen LogP contribution in [0.25, 0.3) is 0 Å². The molecule has 1 unspecified atom stereocenters. The second-order valence-corrected chi connectivity index (χ2v) is 7.68. The minimum atomic E-state index is -0.215. The van der Waals surface area contributed by atoms with Gasteiger partial charge in [0, 0.05) is 39.4 Å². The lowest BCUT2D eigenvalue weighted by Crippen LogP contribution is -2.42. The van der Waals surface area contributed by atoms with Crippen LogP contribution in [0.15, 0.2) is 29.3 Å². The number of hydrogen-bond acceptors (Lipinski definition) is 4. The zero-order valence-electron chi connectivity index (χ0n) is 18.1. The number of aliphatic imine (C=N–C) groups is 1. The van der Waals surface area contributed by atoms with Gasteiger partial charge < -0.3 is 20.1 Å². The van der Waals surface area contributed by atoms with Crippen LogP contribution in [0.4, 0.5) is 4.39 Å². The third-order valence-electron chi connectivity index (χ3n) is 4.72. The Morgan fingerprint density at radius 2 is 1.93 bits per heavy atom. The fourth-order valence-electron chi connectivity index (χ4n) is 3.23. The first-order valence-corrected chi connectivity index (χ1v) is 10.8. The van der Waals surface area contributed by atoms with E-state index in [1.807, 2.05) is 12.1 Å². The number of nitrogens with one attached hydrogen (secondary N) is 2. The molecule has 2 N–H and O–H groups in total. The molecule has 2 rings (SSSR count). The van der Waals surface area contributed by atoms with Gasteiger partial charge in [-0.3, -0.25) is 9.89 Å². The van der Waals surface area contributed by atoms with Crippen molar-refractivity contribution < 1.29 is 13.9 Å². The van der Waals surface area contributed by atoms with E-state index in [1.54, 1.807) is 0 Å². The molecule has 6 nitrogen and oxygen atoms in total. The lowest BCUT2D eigenvalue weighted by Gasteiger charge is -2.34. The molecule has 1 aliphatic heterocycles. The van der Waals surface area contributed by atoms with Gasteiger partial charge in [0.15, 0.2) is 5.96 Å². The molecule has 0 saturated carbocycles. The molecule has 1 fully saturated rings. The SMILES string of the molecule is CCNC(=NCC(c1ccc(F)cc1)N1CCOCC1)NCCCOCC(C)C. The molecule has 29 heavy (non-hydrogen) atoms. The van der Waals surface area contributed by atoms with Crippen molar-refractivity contribution in [3.8, 4) is 0 Å². The molecule has 1 heterocycles. The van der Waals surface area contributed by atoms with Crippen LogP contribution in [0.2, 0.25) is 0 Å². The average molecular weight is 409 g/mol. The quantitative estimate of drug-likeness (QED) is 0.335. The molecule has 164 valence electrons. The molecular weight excluding hydrogens is 371 g/mol. The van der Waals surface area contributed by atoms with E-state index in [-0.39, 0.29) is 11.9 Å². The standard InChI is InChI=1S/C22H37FN4O2/c1-4-24-22(25-10-5-13-29-17-18(2)3)26-16-21(27-11-14-28-15-12-27)19-6-8-20(23)9-7-19/h6-9,18,21H,4-5,10-17H2,1-3H3,(H2,24,25,26). The number of benzene rings is 1. The first kappa shape index (κ1) is 23.6. The van der Waals surface area contributed by atoms with Crippen molar-refractivity contribution >= 4 is 5.96 Å². The second-order valence-electron chi connectivity index (χ2n) is 7.68. The van der Waals surface area contributed by atoms with Crippen LogP contribution in [-0.2, 0) is 9.47 Å². The normalized spacial score (nSPS) is 16.8. The summed E-state index contributed by atoms with van der Waals surface area (Å²) >= 11 is 0. The van der Waals surface area contributed by atoms with Crippen molar-refractivity contribution in [3.05, 3.63) is 35.6 Å². The van der Waals surface area contributed by atoms with E-state index in [4.69, 9.17) is 14.5 Å². The Balaban J connectivity index is 1.94. The zero-order chi connectivity index (χ0) is 20.9. The zero-order valence-corrected chi connectivity index (χ0v) is 18.1. The van der Waals surface area contributed by atoms with Crippen LogP contribution in [0.5, 0.6) is 0 Å². The first-order valence-electron chi connectivity index (χ1n) is 10.8. The van der Waals surface area contributed by atoms with Gasteiger partial charge in [-0.1, -0.05) is 26.0 Å². The minimum absolute atomic E-state index is 0.101. The monoisotopic (exact) mass is 408 g/mol. The van der Waals surface area contributed by atoms with Crippen molar-refractivity contribution in [2.75, 3.05) is 59.2 Å². The maximum atomic E-state index is 13.4. The van der Waals surface area contributed by atoms with E-state index in [0.717, 1.165) is 70.6 Å². The molecule has 7 heteroatoms. The van der Waals surface area contributed by atoms with Gasteiger partial charge in [-0.25, -0.2) is 4.39 Å². The first-order chi connectivity index (χ1) is 14.1. The van der Waals surface area contributed by atoms with Crippen molar-refractivity contribution in [2.45, 2.75) is 33.2 Å². The highest BCUT2D eigenvalue weighted by molar-refractivity contribution is 5.79. The Morgan fingerprint density at radius 3 is 2.59 bits per heavy atom. The summed E-state index contributed by atoms with van der Waals surface area (Å²) in [5, 5.41) is 6.69. The molecule has 1 saturated heterocycles. The maximum absolute atomic E-state index is 13.4. The van der Waals surface area contributed by atoms with Gasteiger partial charge in [0.1, 0.15) is 5.82 Å². The molecule has 0 aliphatic carbocycles. The highest BCUT2D eigenvalue weighted by atomic mass is 19.1. The summed E-state index contributed by atoms with van der Waals surface area (Å²) in [4.78, 5) is 7.18.